The van der Waals surface area contributed by atoms with Crippen LogP contribution in [0.2, 0.25) is 0 Å². The third kappa shape index (κ3) is 5.41. The first-order valence-corrected chi connectivity index (χ1v) is 6.10. The molecule has 0 spiro atoms. The van der Waals surface area contributed by atoms with Crippen LogP contribution in [0.15, 0.2) is 22.8 Å². The van der Waals surface area contributed by atoms with E-state index in [1.807, 2.05) is 0 Å². The lowest BCUT2D eigenvalue weighted by Gasteiger charge is -2.06. The highest BCUT2D eigenvalue weighted by atomic mass is 32.2. The first-order valence-electron chi connectivity index (χ1n) is 4.95. The Balaban J connectivity index is 2.11. The van der Waals surface area contributed by atoms with Crippen molar-refractivity contribution < 1.29 is 19.1 Å². The van der Waals surface area contributed by atoms with Crippen molar-refractivity contribution in [1.29, 1.82) is 0 Å². The van der Waals surface area contributed by atoms with E-state index in [4.69, 9.17) is 15.3 Å². The molecule has 94 valence electrons. The number of nitrogens with one attached hydrogen (secondary N) is 1. The van der Waals surface area contributed by atoms with E-state index >= 15 is 0 Å². The van der Waals surface area contributed by atoms with Gasteiger partial charge in [0.1, 0.15) is 11.8 Å². The van der Waals surface area contributed by atoms with Crippen molar-refractivity contribution in [1.82, 2.24) is 5.32 Å². The highest BCUT2D eigenvalue weighted by Gasteiger charge is 2.12. The van der Waals surface area contributed by atoms with Gasteiger partial charge in [0.2, 0.25) is 5.91 Å². The molecule has 0 saturated carbocycles. The minimum Gasteiger partial charge on any atom is -0.480 e. The fourth-order valence-corrected chi connectivity index (χ4v) is 1.80. The van der Waals surface area contributed by atoms with Crippen LogP contribution in [0.4, 0.5) is 0 Å². The van der Waals surface area contributed by atoms with Crippen LogP contribution in [0.1, 0.15) is 5.76 Å². The Bertz CT molecular complexity index is 366. The van der Waals surface area contributed by atoms with Gasteiger partial charge in [-0.2, -0.15) is 0 Å². The second kappa shape index (κ2) is 6.97. The van der Waals surface area contributed by atoms with Gasteiger partial charge in [0, 0.05) is 5.75 Å². The third-order valence-electron chi connectivity index (χ3n) is 1.89. The van der Waals surface area contributed by atoms with E-state index in [0.717, 1.165) is 0 Å². The van der Waals surface area contributed by atoms with Crippen molar-refractivity contribution >= 4 is 23.6 Å². The maximum absolute atomic E-state index is 11.3. The Kier molecular flexibility index (Phi) is 5.58. The summed E-state index contributed by atoms with van der Waals surface area (Å²) in [4.78, 5) is 21.7. The molecule has 1 aromatic rings. The number of thioether (sulfide) groups is 1. The Labute approximate surface area is 103 Å². The van der Waals surface area contributed by atoms with Crippen LogP contribution in [0.3, 0.4) is 0 Å². The molecule has 1 atom stereocenters. The molecule has 0 aliphatic carbocycles. The predicted octanol–water partition coefficient (Wildman–Crippen LogP) is 0.0409. The number of nitrogens with two attached hydrogens (primary N) is 1. The smallest absolute Gasteiger partial charge is 0.321 e. The summed E-state index contributed by atoms with van der Waals surface area (Å²) in [7, 11) is 0. The van der Waals surface area contributed by atoms with Crippen molar-refractivity contribution in [3.05, 3.63) is 24.2 Å². The number of carbonyl (C=O) groups excluding carboxylic acids is 1. The summed E-state index contributed by atoms with van der Waals surface area (Å²) in [6.07, 6.45) is 1.53. The molecule has 17 heavy (non-hydrogen) atoms. The van der Waals surface area contributed by atoms with E-state index in [1.165, 1.54) is 18.0 Å². The standard InChI is InChI=1S/C10H14N2O4S/c11-8(10(14)15)5-17-6-9(13)12-4-7-2-1-3-16-7/h1-3,8H,4-6,11H2,(H,12,13)(H,14,15)/t8-/m0/s1. The molecule has 7 heteroatoms. The highest BCUT2D eigenvalue weighted by molar-refractivity contribution is 8.00. The van der Waals surface area contributed by atoms with E-state index in [9.17, 15) is 9.59 Å². The number of hydrogen-bond donors (Lipinski definition) is 3. The van der Waals surface area contributed by atoms with E-state index in [0.29, 0.717) is 12.3 Å². The van der Waals surface area contributed by atoms with E-state index in [1.54, 1.807) is 12.1 Å². The topological polar surface area (TPSA) is 106 Å². The number of carboxylic acid groups (broad SMARTS) is 1. The van der Waals surface area contributed by atoms with Crippen molar-refractivity contribution in [2.24, 2.45) is 5.73 Å². The maximum atomic E-state index is 11.3. The lowest BCUT2D eigenvalue weighted by Crippen LogP contribution is -2.33. The molecule has 0 fully saturated rings. The number of carbonyl (C=O) groups is 2. The number of aliphatic carboxylic acids is 1. The van der Waals surface area contributed by atoms with Gasteiger partial charge in [0.15, 0.2) is 0 Å². The summed E-state index contributed by atoms with van der Waals surface area (Å²) >= 11 is 1.19. The number of furan rings is 1. The van der Waals surface area contributed by atoms with E-state index in [-0.39, 0.29) is 17.4 Å². The lowest BCUT2D eigenvalue weighted by molar-refractivity contribution is -0.138. The van der Waals surface area contributed by atoms with Crippen LogP contribution in [0.5, 0.6) is 0 Å². The minimum atomic E-state index is -1.06. The van der Waals surface area contributed by atoms with Crippen LogP contribution in [-0.2, 0) is 16.1 Å². The van der Waals surface area contributed by atoms with Crippen LogP contribution in [-0.4, -0.2) is 34.5 Å². The predicted molar refractivity (Wildman–Crippen MR) is 63.5 cm³/mol. The van der Waals surface area contributed by atoms with Crippen LogP contribution >= 0.6 is 11.8 Å². The maximum Gasteiger partial charge on any atom is 0.321 e. The largest absolute Gasteiger partial charge is 0.480 e. The molecule has 0 saturated heterocycles. The minimum absolute atomic E-state index is 0.177. The monoisotopic (exact) mass is 258 g/mol. The molecule has 0 unspecified atom stereocenters. The molecule has 1 heterocycles. The third-order valence-corrected chi connectivity index (χ3v) is 2.95. The van der Waals surface area contributed by atoms with E-state index in [2.05, 4.69) is 5.32 Å². The Morgan fingerprint density at radius 1 is 1.59 bits per heavy atom. The first kappa shape index (κ1) is 13.6. The second-order valence-corrected chi connectivity index (χ2v) is 4.35. The molecule has 6 nitrogen and oxygen atoms in total. The average molecular weight is 258 g/mol. The normalized spacial score (nSPS) is 12.1. The molecule has 1 amide bonds. The molecule has 0 aliphatic heterocycles. The molecule has 0 aromatic carbocycles. The Morgan fingerprint density at radius 3 is 2.94 bits per heavy atom. The van der Waals surface area contributed by atoms with Crippen molar-refractivity contribution in [3.63, 3.8) is 0 Å². The zero-order chi connectivity index (χ0) is 12.7. The fraction of sp³-hybridized carbons (Fsp3) is 0.400. The zero-order valence-corrected chi connectivity index (χ0v) is 9.90. The highest BCUT2D eigenvalue weighted by Crippen LogP contribution is 2.03. The summed E-state index contributed by atoms with van der Waals surface area (Å²) in [6, 6.07) is 2.56. The van der Waals surface area contributed by atoms with Gasteiger partial charge in [-0.1, -0.05) is 0 Å². The molecular weight excluding hydrogens is 244 g/mol. The molecule has 4 N–H and O–H groups in total. The quantitative estimate of drug-likeness (QED) is 0.637. The van der Waals surface area contributed by atoms with Gasteiger partial charge in [-0.05, 0) is 12.1 Å². The van der Waals surface area contributed by atoms with E-state index < -0.39 is 12.0 Å². The molecular formula is C10H14N2O4S. The molecule has 0 bridgehead atoms. The summed E-state index contributed by atoms with van der Waals surface area (Å²) in [5.41, 5.74) is 5.29. The Hall–Kier alpha value is -1.47. The average Bonchev–Trinajstić information content (AvgIpc) is 2.78. The SMILES string of the molecule is N[C@@H](CSCC(=O)NCc1ccco1)C(=O)O. The van der Waals surface area contributed by atoms with Gasteiger partial charge >= 0.3 is 5.97 Å². The van der Waals surface area contributed by atoms with Gasteiger partial charge in [-0.25, -0.2) is 0 Å². The van der Waals surface area contributed by atoms with Crippen LogP contribution in [0, 0.1) is 0 Å². The summed E-state index contributed by atoms with van der Waals surface area (Å²) in [5.74, 6) is -0.173. The van der Waals surface area contributed by atoms with Gasteiger partial charge in [-0.3, -0.25) is 9.59 Å². The number of carboxylic acids is 1. The second-order valence-electron chi connectivity index (χ2n) is 3.32. The number of rotatable bonds is 7. The molecule has 0 radical (unpaired) electrons. The van der Waals surface area contributed by atoms with Crippen molar-refractivity contribution in [2.45, 2.75) is 12.6 Å². The number of hydrogen-bond acceptors (Lipinski definition) is 5. The van der Waals surface area contributed by atoms with Crippen LogP contribution in [0.25, 0.3) is 0 Å². The first-order chi connectivity index (χ1) is 8.09. The fourth-order valence-electron chi connectivity index (χ4n) is 1.000. The van der Waals surface area contributed by atoms with Gasteiger partial charge in [0.25, 0.3) is 0 Å². The number of amides is 1. The summed E-state index contributed by atoms with van der Waals surface area (Å²) in [5, 5.41) is 11.2. The molecule has 0 aliphatic rings. The van der Waals surface area contributed by atoms with Crippen LogP contribution < -0.4 is 11.1 Å². The van der Waals surface area contributed by atoms with Gasteiger partial charge in [-0.15, -0.1) is 11.8 Å². The Morgan fingerprint density at radius 2 is 2.35 bits per heavy atom. The summed E-state index contributed by atoms with van der Waals surface area (Å²) in [6.45, 7) is 0.331. The lowest BCUT2D eigenvalue weighted by atomic mass is 10.4. The van der Waals surface area contributed by atoms with Gasteiger partial charge in [0.05, 0.1) is 18.6 Å². The summed E-state index contributed by atoms with van der Waals surface area (Å²) < 4.78 is 5.04. The van der Waals surface area contributed by atoms with Crippen molar-refractivity contribution in [3.8, 4) is 0 Å². The zero-order valence-electron chi connectivity index (χ0n) is 9.09. The molecule has 1 aromatic heterocycles. The van der Waals surface area contributed by atoms with Crippen molar-refractivity contribution in [2.75, 3.05) is 11.5 Å². The molecule has 1 rings (SSSR count). The van der Waals surface area contributed by atoms with Gasteiger partial charge < -0.3 is 20.6 Å².